The van der Waals surface area contributed by atoms with Gasteiger partial charge in [0.1, 0.15) is 12.6 Å². The third kappa shape index (κ3) is 7.84. The van der Waals surface area contributed by atoms with E-state index in [1.807, 2.05) is 13.8 Å². The van der Waals surface area contributed by atoms with Crippen LogP contribution in [0.15, 0.2) is 71.6 Å². The molecule has 220 valence electrons. The maximum absolute atomic E-state index is 14.0. The Bertz CT molecular complexity index is 1480. The van der Waals surface area contributed by atoms with Gasteiger partial charge < -0.3 is 19.7 Å². The summed E-state index contributed by atoms with van der Waals surface area (Å²) in [5.74, 6) is -0.455. The van der Waals surface area contributed by atoms with Crippen molar-refractivity contribution in [1.29, 1.82) is 0 Å². The number of amides is 2. The Morgan fingerprint density at radius 3 is 2.12 bits per heavy atom. The van der Waals surface area contributed by atoms with Crippen LogP contribution < -0.4 is 19.1 Å². The number of carbonyl (C=O) groups excluding carboxylic acids is 2. The summed E-state index contributed by atoms with van der Waals surface area (Å²) in [6.07, 6.45) is 0. The molecule has 1 atom stereocenters. The predicted molar refractivity (Wildman–Crippen MR) is 160 cm³/mol. The lowest BCUT2D eigenvalue weighted by molar-refractivity contribution is -0.139. The highest BCUT2D eigenvalue weighted by atomic mass is 35.5. The van der Waals surface area contributed by atoms with E-state index in [4.69, 9.17) is 32.7 Å². The minimum absolute atomic E-state index is 0.0178. The standard InChI is InChI=1S/C29H33Cl2N3O6S/c1-19(2)32-29(36)20(3)33(17-21-8-6-7-9-25(21)31)28(35)18-34(23-12-10-22(30)11-13-23)41(37,38)24-14-15-26(39-4)27(16-24)40-5/h6-16,19-20H,17-18H2,1-5H3,(H,32,36). The molecule has 3 rings (SSSR count). The first-order valence-corrected chi connectivity index (χ1v) is 14.9. The van der Waals surface area contributed by atoms with Crippen LogP contribution in [0.5, 0.6) is 11.5 Å². The zero-order chi connectivity index (χ0) is 30.3. The molecule has 1 N–H and O–H groups in total. The molecule has 41 heavy (non-hydrogen) atoms. The number of anilines is 1. The van der Waals surface area contributed by atoms with Gasteiger partial charge in [-0.15, -0.1) is 0 Å². The highest BCUT2D eigenvalue weighted by molar-refractivity contribution is 7.92. The number of rotatable bonds is 12. The third-order valence-corrected chi connectivity index (χ3v) is 8.62. The van der Waals surface area contributed by atoms with E-state index in [0.29, 0.717) is 21.4 Å². The van der Waals surface area contributed by atoms with Crippen molar-refractivity contribution in [2.75, 3.05) is 25.1 Å². The zero-order valence-electron chi connectivity index (χ0n) is 23.4. The molecule has 3 aromatic rings. The molecular weight excluding hydrogens is 589 g/mol. The third-order valence-electron chi connectivity index (χ3n) is 6.23. The summed E-state index contributed by atoms with van der Waals surface area (Å²) in [4.78, 5) is 28.2. The molecular formula is C29H33Cl2N3O6S. The van der Waals surface area contributed by atoms with E-state index in [2.05, 4.69) is 5.32 Å². The molecule has 0 aliphatic carbocycles. The van der Waals surface area contributed by atoms with Crippen LogP contribution in [0.3, 0.4) is 0 Å². The number of carbonyl (C=O) groups is 2. The van der Waals surface area contributed by atoms with Crippen molar-refractivity contribution >= 4 is 50.7 Å². The zero-order valence-corrected chi connectivity index (χ0v) is 25.8. The molecule has 0 aromatic heterocycles. The van der Waals surface area contributed by atoms with Crippen LogP contribution in [0.2, 0.25) is 10.0 Å². The Kier molecular flexibility index (Phi) is 10.9. The SMILES string of the molecule is COc1ccc(S(=O)(=O)N(CC(=O)N(Cc2ccccc2Cl)C(C)C(=O)NC(C)C)c2ccc(Cl)cc2)cc1OC. The summed E-state index contributed by atoms with van der Waals surface area (Å²) in [6, 6.07) is 16.1. The average Bonchev–Trinajstić information content (AvgIpc) is 2.94. The van der Waals surface area contributed by atoms with Crippen molar-refractivity contribution in [2.45, 2.75) is 44.3 Å². The second-order valence-corrected chi connectivity index (χ2v) is 12.2. The fourth-order valence-electron chi connectivity index (χ4n) is 4.04. The lowest BCUT2D eigenvalue weighted by Crippen LogP contribution is -2.52. The molecule has 0 bridgehead atoms. The minimum Gasteiger partial charge on any atom is -0.493 e. The molecule has 2 amide bonds. The number of hydrogen-bond acceptors (Lipinski definition) is 6. The van der Waals surface area contributed by atoms with Gasteiger partial charge >= 0.3 is 0 Å². The van der Waals surface area contributed by atoms with Crippen molar-refractivity contribution in [3.8, 4) is 11.5 Å². The number of benzene rings is 3. The number of nitrogens with one attached hydrogen (secondary N) is 1. The molecule has 0 heterocycles. The van der Waals surface area contributed by atoms with Crippen LogP contribution in [0, 0.1) is 0 Å². The van der Waals surface area contributed by atoms with Gasteiger partial charge in [0.15, 0.2) is 11.5 Å². The van der Waals surface area contributed by atoms with Crippen molar-refractivity contribution in [1.82, 2.24) is 10.2 Å². The van der Waals surface area contributed by atoms with Gasteiger partial charge in [-0.2, -0.15) is 0 Å². The van der Waals surface area contributed by atoms with Crippen LogP contribution in [-0.2, 0) is 26.2 Å². The summed E-state index contributed by atoms with van der Waals surface area (Å²) in [5, 5.41) is 3.61. The lowest BCUT2D eigenvalue weighted by atomic mass is 10.1. The Hall–Kier alpha value is -3.47. The second-order valence-electron chi connectivity index (χ2n) is 9.46. The normalized spacial score (nSPS) is 12.0. The van der Waals surface area contributed by atoms with Crippen molar-refractivity contribution in [3.05, 3.63) is 82.3 Å². The van der Waals surface area contributed by atoms with Crippen LogP contribution in [0.1, 0.15) is 26.3 Å². The van der Waals surface area contributed by atoms with E-state index in [0.717, 1.165) is 4.31 Å². The van der Waals surface area contributed by atoms with Gasteiger partial charge in [-0.05, 0) is 68.8 Å². The Morgan fingerprint density at radius 1 is 0.902 bits per heavy atom. The topological polar surface area (TPSA) is 105 Å². The highest BCUT2D eigenvalue weighted by Gasteiger charge is 2.33. The number of ether oxygens (including phenoxy) is 2. The van der Waals surface area contributed by atoms with Crippen LogP contribution in [0.25, 0.3) is 0 Å². The van der Waals surface area contributed by atoms with E-state index in [1.165, 1.54) is 61.6 Å². The molecule has 0 aliphatic heterocycles. The molecule has 0 saturated heterocycles. The Morgan fingerprint density at radius 2 is 1.54 bits per heavy atom. The van der Waals surface area contributed by atoms with Crippen LogP contribution >= 0.6 is 23.2 Å². The van der Waals surface area contributed by atoms with Crippen molar-refractivity contribution < 1.29 is 27.5 Å². The maximum Gasteiger partial charge on any atom is 0.264 e. The second kappa shape index (κ2) is 13.9. The van der Waals surface area contributed by atoms with E-state index in [-0.39, 0.29) is 34.8 Å². The summed E-state index contributed by atoms with van der Waals surface area (Å²) in [5.41, 5.74) is 0.807. The fourth-order valence-corrected chi connectivity index (χ4v) is 5.79. The van der Waals surface area contributed by atoms with Gasteiger partial charge in [0.05, 0.1) is 24.8 Å². The van der Waals surface area contributed by atoms with E-state index >= 15 is 0 Å². The van der Waals surface area contributed by atoms with Crippen molar-refractivity contribution in [2.24, 2.45) is 0 Å². The summed E-state index contributed by atoms with van der Waals surface area (Å²) >= 11 is 12.5. The smallest absolute Gasteiger partial charge is 0.264 e. The van der Waals surface area contributed by atoms with E-state index in [1.54, 1.807) is 31.2 Å². The molecule has 1 unspecified atom stereocenters. The quantitative estimate of drug-likeness (QED) is 0.300. The first kappa shape index (κ1) is 32.0. The molecule has 0 fully saturated rings. The fraction of sp³-hybridized carbons (Fsp3) is 0.310. The highest BCUT2D eigenvalue weighted by Crippen LogP contribution is 2.33. The first-order valence-electron chi connectivity index (χ1n) is 12.7. The lowest BCUT2D eigenvalue weighted by Gasteiger charge is -2.32. The average molecular weight is 623 g/mol. The molecule has 12 heteroatoms. The molecule has 3 aromatic carbocycles. The first-order chi connectivity index (χ1) is 19.4. The minimum atomic E-state index is -4.32. The van der Waals surface area contributed by atoms with Gasteiger partial charge in [0.2, 0.25) is 11.8 Å². The Balaban J connectivity index is 2.08. The Labute approximate surface area is 251 Å². The number of sulfonamides is 1. The monoisotopic (exact) mass is 621 g/mol. The number of nitrogens with zero attached hydrogens (tertiary/aromatic N) is 2. The van der Waals surface area contributed by atoms with Gasteiger partial charge in [-0.3, -0.25) is 13.9 Å². The maximum atomic E-state index is 14.0. The molecule has 0 saturated carbocycles. The number of halogens is 2. The summed E-state index contributed by atoms with van der Waals surface area (Å²) < 4.78 is 39.6. The van der Waals surface area contributed by atoms with Gasteiger partial charge in [-0.25, -0.2) is 8.42 Å². The van der Waals surface area contributed by atoms with Gasteiger partial charge in [-0.1, -0.05) is 41.4 Å². The van der Waals surface area contributed by atoms with E-state index < -0.39 is 28.5 Å². The summed E-state index contributed by atoms with van der Waals surface area (Å²) in [7, 11) is -1.49. The molecule has 0 spiro atoms. The molecule has 0 radical (unpaired) electrons. The van der Waals surface area contributed by atoms with Crippen molar-refractivity contribution in [3.63, 3.8) is 0 Å². The van der Waals surface area contributed by atoms with Crippen LogP contribution in [0.4, 0.5) is 5.69 Å². The number of hydrogen-bond donors (Lipinski definition) is 1. The predicted octanol–water partition coefficient (Wildman–Crippen LogP) is 5.15. The number of methoxy groups -OCH3 is 2. The molecule has 9 nitrogen and oxygen atoms in total. The van der Waals surface area contributed by atoms with E-state index in [9.17, 15) is 18.0 Å². The largest absolute Gasteiger partial charge is 0.493 e. The van der Waals surface area contributed by atoms with Gasteiger partial charge in [0, 0.05) is 28.7 Å². The van der Waals surface area contributed by atoms with Crippen LogP contribution in [-0.4, -0.2) is 58.0 Å². The van der Waals surface area contributed by atoms with Gasteiger partial charge in [0.25, 0.3) is 10.0 Å². The summed E-state index contributed by atoms with van der Waals surface area (Å²) in [6.45, 7) is 4.58. The molecule has 0 aliphatic rings.